The van der Waals surface area contributed by atoms with Crippen LogP contribution >= 0.6 is 0 Å². The third kappa shape index (κ3) is 1.83. The third-order valence-electron chi connectivity index (χ3n) is 3.29. The Morgan fingerprint density at radius 1 is 1.40 bits per heavy atom. The molecule has 1 heteroatoms. The lowest BCUT2D eigenvalue weighted by Crippen LogP contribution is -2.15. The zero-order chi connectivity index (χ0) is 11.0. The van der Waals surface area contributed by atoms with Crippen LogP contribution < -0.4 is 0 Å². The first-order valence-electron chi connectivity index (χ1n) is 5.72. The first-order chi connectivity index (χ1) is 7.09. The molecule has 1 aromatic rings. The van der Waals surface area contributed by atoms with Crippen molar-refractivity contribution in [2.75, 3.05) is 0 Å². The molecular formula is C14H18O. The van der Waals surface area contributed by atoms with E-state index in [2.05, 4.69) is 25.1 Å². The number of hydrogen-bond donors (Lipinski definition) is 0. The molecular weight excluding hydrogens is 184 g/mol. The molecule has 0 saturated carbocycles. The quantitative estimate of drug-likeness (QED) is 0.719. The van der Waals surface area contributed by atoms with Gasteiger partial charge in [-0.2, -0.15) is 0 Å². The fourth-order valence-electron chi connectivity index (χ4n) is 2.42. The SMILES string of the molecule is Cc1ccc2c(c1)C(C(=O)C(C)C)CC2. The molecule has 0 bridgehead atoms. The van der Waals surface area contributed by atoms with E-state index < -0.39 is 0 Å². The monoisotopic (exact) mass is 202 g/mol. The minimum Gasteiger partial charge on any atom is -0.299 e. The number of Topliss-reactive ketones (excluding diaryl/α,β-unsaturated/α-hetero) is 1. The van der Waals surface area contributed by atoms with Gasteiger partial charge in [0.25, 0.3) is 0 Å². The summed E-state index contributed by atoms with van der Waals surface area (Å²) in [5.41, 5.74) is 3.92. The number of hydrogen-bond acceptors (Lipinski definition) is 1. The Hall–Kier alpha value is -1.11. The highest BCUT2D eigenvalue weighted by molar-refractivity contribution is 5.88. The zero-order valence-electron chi connectivity index (χ0n) is 9.71. The largest absolute Gasteiger partial charge is 0.299 e. The van der Waals surface area contributed by atoms with Crippen molar-refractivity contribution in [3.8, 4) is 0 Å². The lowest BCUT2D eigenvalue weighted by molar-refractivity contribution is -0.123. The van der Waals surface area contributed by atoms with E-state index in [0.717, 1.165) is 12.8 Å². The summed E-state index contributed by atoms with van der Waals surface area (Å²) in [6.07, 6.45) is 2.08. The molecule has 1 aliphatic carbocycles. The van der Waals surface area contributed by atoms with Crippen LogP contribution in [0, 0.1) is 12.8 Å². The molecule has 1 aliphatic rings. The minimum atomic E-state index is 0.154. The lowest BCUT2D eigenvalue weighted by atomic mass is 9.90. The molecule has 1 aromatic carbocycles. The van der Waals surface area contributed by atoms with Gasteiger partial charge in [0.1, 0.15) is 5.78 Å². The summed E-state index contributed by atoms with van der Waals surface area (Å²) in [4.78, 5) is 12.0. The van der Waals surface area contributed by atoms with Gasteiger partial charge in [-0.05, 0) is 30.9 Å². The second-order valence-corrected chi connectivity index (χ2v) is 4.85. The molecule has 2 rings (SSSR count). The Balaban J connectivity index is 2.35. The molecule has 80 valence electrons. The second-order valence-electron chi connectivity index (χ2n) is 4.85. The van der Waals surface area contributed by atoms with Crippen LogP contribution in [0.25, 0.3) is 0 Å². The topological polar surface area (TPSA) is 17.1 Å². The molecule has 1 nitrogen and oxygen atoms in total. The highest BCUT2D eigenvalue weighted by Crippen LogP contribution is 2.35. The van der Waals surface area contributed by atoms with Crippen LogP contribution in [0.15, 0.2) is 18.2 Å². The smallest absolute Gasteiger partial charge is 0.142 e. The molecule has 0 aromatic heterocycles. The molecule has 0 fully saturated rings. The van der Waals surface area contributed by atoms with E-state index in [1.807, 2.05) is 13.8 Å². The highest BCUT2D eigenvalue weighted by Gasteiger charge is 2.29. The molecule has 0 amide bonds. The number of aryl methyl sites for hydroxylation is 2. The zero-order valence-corrected chi connectivity index (χ0v) is 9.71. The Labute approximate surface area is 91.5 Å². The summed E-state index contributed by atoms with van der Waals surface area (Å²) in [5, 5.41) is 0. The average molecular weight is 202 g/mol. The van der Waals surface area contributed by atoms with Gasteiger partial charge in [-0.15, -0.1) is 0 Å². The number of carbonyl (C=O) groups is 1. The van der Waals surface area contributed by atoms with E-state index in [9.17, 15) is 4.79 Å². The molecule has 1 atom stereocenters. The molecule has 0 N–H and O–H groups in total. The first kappa shape index (κ1) is 10.4. The Morgan fingerprint density at radius 3 is 2.80 bits per heavy atom. The van der Waals surface area contributed by atoms with Gasteiger partial charge >= 0.3 is 0 Å². The summed E-state index contributed by atoms with van der Waals surface area (Å²) in [6, 6.07) is 6.51. The first-order valence-corrected chi connectivity index (χ1v) is 5.72. The summed E-state index contributed by atoms with van der Waals surface area (Å²) in [6.45, 7) is 6.09. The van der Waals surface area contributed by atoms with Crippen LogP contribution in [0.3, 0.4) is 0 Å². The standard InChI is InChI=1S/C14H18O/c1-9(2)14(15)12-7-6-11-5-4-10(3)8-13(11)12/h4-5,8-9,12H,6-7H2,1-3H3. The molecule has 0 spiro atoms. The molecule has 0 radical (unpaired) electrons. The maximum Gasteiger partial charge on any atom is 0.142 e. The average Bonchev–Trinajstić information content (AvgIpc) is 2.59. The van der Waals surface area contributed by atoms with Crippen LogP contribution in [-0.2, 0) is 11.2 Å². The lowest BCUT2D eigenvalue weighted by Gasteiger charge is -2.13. The van der Waals surface area contributed by atoms with Gasteiger partial charge in [-0.25, -0.2) is 0 Å². The van der Waals surface area contributed by atoms with Crippen LogP contribution in [0.1, 0.15) is 42.9 Å². The Kier molecular flexibility index (Phi) is 2.64. The van der Waals surface area contributed by atoms with E-state index in [1.54, 1.807) is 0 Å². The summed E-state index contributed by atoms with van der Waals surface area (Å²) in [7, 11) is 0. The maximum atomic E-state index is 12.0. The Bertz CT molecular complexity index is 390. The van der Waals surface area contributed by atoms with Crippen molar-refractivity contribution in [1.29, 1.82) is 0 Å². The van der Waals surface area contributed by atoms with Crippen molar-refractivity contribution in [3.63, 3.8) is 0 Å². The number of ketones is 1. The van der Waals surface area contributed by atoms with Gasteiger partial charge < -0.3 is 0 Å². The molecule has 0 aliphatic heterocycles. The Morgan fingerprint density at radius 2 is 2.13 bits per heavy atom. The normalized spacial score (nSPS) is 19.3. The predicted molar refractivity (Wildman–Crippen MR) is 62.1 cm³/mol. The van der Waals surface area contributed by atoms with E-state index in [4.69, 9.17) is 0 Å². The molecule has 0 saturated heterocycles. The fourth-order valence-corrected chi connectivity index (χ4v) is 2.42. The van der Waals surface area contributed by atoms with Gasteiger partial charge in [-0.3, -0.25) is 4.79 Å². The summed E-state index contributed by atoms with van der Waals surface area (Å²) >= 11 is 0. The van der Waals surface area contributed by atoms with E-state index in [-0.39, 0.29) is 11.8 Å². The van der Waals surface area contributed by atoms with Gasteiger partial charge in [0.15, 0.2) is 0 Å². The van der Waals surface area contributed by atoms with Crippen molar-refractivity contribution < 1.29 is 4.79 Å². The van der Waals surface area contributed by atoms with Crippen molar-refractivity contribution >= 4 is 5.78 Å². The highest BCUT2D eigenvalue weighted by atomic mass is 16.1. The number of carbonyl (C=O) groups excluding carboxylic acids is 1. The van der Waals surface area contributed by atoms with Crippen LogP contribution in [0.4, 0.5) is 0 Å². The summed E-state index contributed by atoms with van der Waals surface area (Å²) in [5.74, 6) is 0.723. The molecule has 0 heterocycles. The fraction of sp³-hybridized carbons (Fsp3) is 0.500. The van der Waals surface area contributed by atoms with Crippen molar-refractivity contribution in [2.45, 2.75) is 39.5 Å². The van der Waals surface area contributed by atoms with E-state index in [1.165, 1.54) is 16.7 Å². The van der Waals surface area contributed by atoms with Gasteiger partial charge in [-0.1, -0.05) is 37.6 Å². The van der Waals surface area contributed by atoms with E-state index in [0.29, 0.717) is 5.78 Å². The number of rotatable bonds is 2. The summed E-state index contributed by atoms with van der Waals surface area (Å²) < 4.78 is 0. The van der Waals surface area contributed by atoms with Gasteiger partial charge in [0.05, 0.1) is 0 Å². The van der Waals surface area contributed by atoms with Crippen LogP contribution in [0.2, 0.25) is 0 Å². The second kappa shape index (κ2) is 3.80. The molecule has 15 heavy (non-hydrogen) atoms. The maximum absolute atomic E-state index is 12.0. The predicted octanol–water partition coefficient (Wildman–Crippen LogP) is 3.25. The van der Waals surface area contributed by atoms with Crippen molar-refractivity contribution in [3.05, 3.63) is 34.9 Å². The minimum absolute atomic E-state index is 0.154. The van der Waals surface area contributed by atoms with Gasteiger partial charge in [0.2, 0.25) is 0 Å². The van der Waals surface area contributed by atoms with Crippen LogP contribution in [0.5, 0.6) is 0 Å². The van der Waals surface area contributed by atoms with E-state index >= 15 is 0 Å². The number of fused-ring (bicyclic) bond motifs is 1. The molecule has 1 unspecified atom stereocenters. The van der Waals surface area contributed by atoms with Crippen LogP contribution in [-0.4, -0.2) is 5.78 Å². The number of benzene rings is 1. The van der Waals surface area contributed by atoms with Crippen molar-refractivity contribution in [2.24, 2.45) is 5.92 Å². The third-order valence-corrected chi connectivity index (χ3v) is 3.29. The van der Waals surface area contributed by atoms with Crippen molar-refractivity contribution in [1.82, 2.24) is 0 Å². The van der Waals surface area contributed by atoms with Gasteiger partial charge in [0, 0.05) is 11.8 Å².